The summed E-state index contributed by atoms with van der Waals surface area (Å²) in [5.74, 6) is -0.687. The zero-order valence-corrected chi connectivity index (χ0v) is 15.3. The normalized spacial score (nSPS) is 11.9. The minimum Gasteiger partial charge on any atom is -0.468 e. The van der Waals surface area contributed by atoms with Gasteiger partial charge in [-0.25, -0.2) is 4.79 Å². The minimum atomic E-state index is -0.477. The highest BCUT2D eigenvalue weighted by atomic mass is 16.5. The first-order chi connectivity index (χ1) is 13.1. The van der Waals surface area contributed by atoms with Gasteiger partial charge in [-0.15, -0.1) is 0 Å². The van der Waals surface area contributed by atoms with Gasteiger partial charge in [0, 0.05) is 30.1 Å². The SMILES string of the molecule is COC(=O)c1ccc(CNC(Cc2c[nH]c3ccccc23)C(=O)OC)cc1. The number of H-pyrrole nitrogens is 1. The fourth-order valence-electron chi connectivity index (χ4n) is 3.02. The highest BCUT2D eigenvalue weighted by molar-refractivity contribution is 5.89. The number of hydrogen-bond donors (Lipinski definition) is 2. The third-order valence-corrected chi connectivity index (χ3v) is 4.51. The Balaban J connectivity index is 1.70. The van der Waals surface area contributed by atoms with Crippen LogP contribution in [0, 0.1) is 0 Å². The summed E-state index contributed by atoms with van der Waals surface area (Å²) in [6.07, 6.45) is 2.43. The van der Waals surface area contributed by atoms with Crippen molar-refractivity contribution in [3.63, 3.8) is 0 Å². The highest BCUT2D eigenvalue weighted by Gasteiger charge is 2.20. The Labute approximate surface area is 157 Å². The molecule has 3 aromatic rings. The Morgan fingerprint density at radius 1 is 1.04 bits per heavy atom. The van der Waals surface area contributed by atoms with Gasteiger partial charge in [0.2, 0.25) is 0 Å². The van der Waals surface area contributed by atoms with Crippen LogP contribution in [-0.4, -0.2) is 37.2 Å². The van der Waals surface area contributed by atoms with Crippen molar-refractivity contribution in [1.29, 1.82) is 0 Å². The third-order valence-electron chi connectivity index (χ3n) is 4.51. The van der Waals surface area contributed by atoms with E-state index in [0.717, 1.165) is 22.0 Å². The number of rotatable bonds is 7. The number of aromatic amines is 1. The molecule has 0 spiro atoms. The number of methoxy groups -OCH3 is 2. The van der Waals surface area contributed by atoms with Crippen LogP contribution in [-0.2, 0) is 27.2 Å². The van der Waals surface area contributed by atoms with Crippen molar-refractivity contribution in [3.05, 3.63) is 71.4 Å². The van der Waals surface area contributed by atoms with E-state index in [-0.39, 0.29) is 11.9 Å². The topological polar surface area (TPSA) is 80.4 Å². The van der Waals surface area contributed by atoms with Gasteiger partial charge < -0.3 is 19.8 Å². The monoisotopic (exact) mass is 366 g/mol. The van der Waals surface area contributed by atoms with Gasteiger partial charge in [0.05, 0.1) is 19.8 Å². The molecule has 0 radical (unpaired) electrons. The van der Waals surface area contributed by atoms with E-state index in [1.165, 1.54) is 14.2 Å². The summed E-state index contributed by atoms with van der Waals surface area (Å²) < 4.78 is 9.65. The van der Waals surface area contributed by atoms with E-state index >= 15 is 0 Å². The zero-order valence-electron chi connectivity index (χ0n) is 15.3. The predicted octanol–water partition coefficient (Wildman–Crippen LogP) is 2.83. The lowest BCUT2D eigenvalue weighted by molar-refractivity contribution is -0.143. The molecule has 0 bridgehead atoms. The first-order valence-electron chi connectivity index (χ1n) is 8.66. The molecule has 0 aliphatic rings. The van der Waals surface area contributed by atoms with Crippen molar-refractivity contribution in [1.82, 2.24) is 10.3 Å². The second kappa shape index (κ2) is 8.51. The van der Waals surface area contributed by atoms with Gasteiger partial charge in [0.15, 0.2) is 0 Å². The lowest BCUT2D eigenvalue weighted by Crippen LogP contribution is -2.39. The number of fused-ring (bicyclic) bond motifs is 1. The van der Waals surface area contributed by atoms with Gasteiger partial charge in [-0.05, 0) is 29.3 Å². The summed E-state index contributed by atoms with van der Waals surface area (Å²) in [5, 5.41) is 4.34. The summed E-state index contributed by atoms with van der Waals surface area (Å²) in [7, 11) is 2.74. The average Bonchev–Trinajstić information content (AvgIpc) is 3.13. The molecule has 0 aliphatic heterocycles. The lowest BCUT2D eigenvalue weighted by Gasteiger charge is -2.16. The maximum atomic E-state index is 12.2. The van der Waals surface area contributed by atoms with Gasteiger partial charge in [-0.1, -0.05) is 30.3 Å². The Hall–Kier alpha value is -3.12. The van der Waals surface area contributed by atoms with Gasteiger partial charge in [0.25, 0.3) is 0 Å². The van der Waals surface area contributed by atoms with Crippen LogP contribution in [0.3, 0.4) is 0 Å². The summed E-state index contributed by atoms with van der Waals surface area (Å²) >= 11 is 0. The largest absolute Gasteiger partial charge is 0.468 e. The van der Waals surface area contributed by atoms with Crippen LogP contribution in [0.4, 0.5) is 0 Å². The number of aromatic nitrogens is 1. The molecule has 1 atom stereocenters. The summed E-state index contributed by atoms with van der Waals surface area (Å²) in [6, 6.07) is 14.6. The molecule has 3 rings (SSSR count). The van der Waals surface area contributed by atoms with Crippen LogP contribution in [0.25, 0.3) is 10.9 Å². The summed E-state index contributed by atoms with van der Waals surface area (Å²) in [5.41, 5.74) is 3.53. The molecule has 2 N–H and O–H groups in total. The maximum absolute atomic E-state index is 12.2. The molecular weight excluding hydrogens is 344 g/mol. The Kier molecular flexibility index (Phi) is 5.88. The predicted molar refractivity (Wildman–Crippen MR) is 102 cm³/mol. The Morgan fingerprint density at radius 3 is 2.48 bits per heavy atom. The van der Waals surface area contributed by atoms with E-state index in [0.29, 0.717) is 18.5 Å². The highest BCUT2D eigenvalue weighted by Crippen LogP contribution is 2.19. The molecule has 2 aromatic carbocycles. The second-order valence-corrected chi connectivity index (χ2v) is 6.21. The molecule has 0 saturated heterocycles. The van der Waals surface area contributed by atoms with Crippen LogP contribution >= 0.6 is 0 Å². The zero-order chi connectivity index (χ0) is 19.2. The maximum Gasteiger partial charge on any atom is 0.337 e. The summed E-state index contributed by atoms with van der Waals surface area (Å²) in [4.78, 5) is 26.9. The molecule has 6 nitrogen and oxygen atoms in total. The molecule has 0 aliphatic carbocycles. The number of hydrogen-bond acceptors (Lipinski definition) is 5. The van der Waals surface area contributed by atoms with E-state index in [4.69, 9.17) is 9.47 Å². The van der Waals surface area contributed by atoms with Crippen LogP contribution in [0.1, 0.15) is 21.5 Å². The minimum absolute atomic E-state index is 0.313. The van der Waals surface area contributed by atoms with Gasteiger partial charge in [-0.2, -0.15) is 0 Å². The number of ether oxygens (including phenoxy) is 2. The Morgan fingerprint density at radius 2 is 1.78 bits per heavy atom. The number of carbonyl (C=O) groups is 2. The van der Waals surface area contributed by atoms with E-state index in [2.05, 4.69) is 10.3 Å². The van der Waals surface area contributed by atoms with Crippen molar-refractivity contribution in [2.75, 3.05) is 14.2 Å². The number of para-hydroxylation sites is 1. The van der Waals surface area contributed by atoms with Crippen LogP contribution in [0.5, 0.6) is 0 Å². The Bertz CT molecular complexity index is 931. The molecule has 140 valence electrons. The number of nitrogens with one attached hydrogen (secondary N) is 2. The van der Waals surface area contributed by atoms with Crippen LogP contribution in [0.15, 0.2) is 54.7 Å². The molecule has 0 amide bonds. The van der Waals surface area contributed by atoms with E-state index < -0.39 is 6.04 Å². The third kappa shape index (κ3) is 4.35. The van der Waals surface area contributed by atoms with Gasteiger partial charge in [0.1, 0.15) is 6.04 Å². The van der Waals surface area contributed by atoms with Crippen molar-refractivity contribution in [2.24, 2.45) is 0 Å². The quantitative estimate of drug-likeness (QED) is 0.629. The molecule has 0 fully saturated rings. The second-order valence-electron chi connectivity index (χ2n) is 6.21. The standard InChI is InChI=1S/C21H22N2O4/c1-26-20(24)15-9-7-14(8-10-15)12-22-19(21(25)27-2)11-16-13-23-18-6-4-3-5-17(16)18/h3-10,13,19,22-23H,11-12H2,1-2H3. The van der Waals surface area contributed by atoms with Crippen molar-refractivity contribution in [2.45, 2.75) is 19.0 Å². The number of esters is 2. The van der Waals surface area contributed by atoms with Gasteiger partial charge in [-0.3, -0.25) is 4.79 Å². The van der Waals surface area contributed by atoms with Crippen LogP contribution < -0.4 is 5.32 Å². The van der Waals surface area contributed by atoms with Gasteiger partial charge >= 0.3 is 11.9 Å². The fourth-order valence-corrected chi connectivity index (χ4v) is 3.02. The molecular formula is C21H22N2O4. The fraction of sp³-hybridized carbons (Fsp3) is 0.238. The van der Waals surface area contributed by atoms with Crippen LogP contribution in [0.2, 0.25) is 0 Å². The van der Waals surface area contributed by atoms with Crippen molar-refractivity contribution in [3.8, 4) is 0 Å². The first-order valence-corrected chi connectivity index (χ1v) is 8.66. The molecule has 1 heterocycles. The van der Waals surface area contributed by atoms with Crippen molar-refractivity contribution < 1.29 is 19.1 Å². The molecule has 1 unspecified atom stereocenters. The van der Waals surface area contributed by atoms with E-state index in [9.17, 15) is 9.59 Å². The van der Waals surface area contributed by atoms with E-state index in [1.807, 2.05) is 42.6 Å². The molecule has 27 heavy (non-hydrogen) atoms. The summed E-state index contributed by atoms with van der Waals surface area (Å²) in [6.45, 7) is 0.476. The number of carbonyl (C=O) groups excluding carboxylic acids is 2. The first kappa shape index (κ1) is 18.7. The molecule has 0 saturated carbocycles. The smallest absolute Gasteiger partial charge is 0.337 e. The average molecular weight is 366 g/mol. The molecule has 6 heteroatoms. The molecule has 1 aromatic heterocycles. The number of benzene rings is 2. The van der Waals surface area contributed by atoms with E-state index in [1.54, 1.807) is 12.1 Å². The van der Waals surface area contributed by atoms with Crippen molar-refractivity contribution >= 4 is 22.8 Å². The lowest BCUT2D eigenvalue weighted by atomic mass is 10.0.